The minimum Gasteiger partial charge on any atom is -0.457 e. The summed E-state index contributed by atoms with van der Waals surface area (Å²) < 4.78 is 6.80. The van der Waals surface area contributed by atoms with E-state index in [9.17, 15) is 4.79 Å². The molecule has 162 valence electrons. The van der Waals surface area contributed by atoms with Gasteiger partial charge in [-0.15, -0.1) is 0 Å². The average molecular weight is 471 g/mol. The number of hydrogen-bond donors (Lipinski definition) is 0. The molecule has 0 N–H and O–H groups in total. The summed E-state index contributed by atoms with van der Waals surface area (Å²) in [5, 5.41) is 1.28. The normalized spacial score (nSPS) is 10.8. The van der Waals surface area contributed by atoms with Crippen LogP contribution in [-0.4, -0.2) is 10.9 Å². The van der Waals surface area contributed by atoms with Gasteiger partial charge in [0.05, 0.1) is 16.8 Å². The quantitative estimate of drug-likeness (QED) is 0.256. The summed E-state index contributed by atoms with van der Waals surface area (Å²) in [6.07, 6.45) is 0. The van der Waals surface area contributed by atoms with E-state index in [4.69, 9.17) is 21.3 Å². The van der Waals surface area contributed by atoms with Crippen molar-refractivity contribution in [2.45, 2.75) is 6.54 Å². The van der Waals surface area contributed by atoms with Crippen LogP contribution in [0.25, 0.3) is 10.2 Å². The molecule has 0 unspecified atom stereocenters. The number of nitrogens with zero attached hydrogens (tertiary/aromatic N) is 2. The zero-order valence-electron chi connectivity index (χ0n) is 17.5. The van der Waals surface area contributed by atoms with E-state index in [0.29, 0.717) is 28.0 Å². The van der Waals surface area contributed by atoms with Gasteiger partial charge in [-0.1, -0.05) is 71.5 Å². The minimum atomic E-state index is -0.129. The smallest absolute Gasteiger partial charge is 0.260 e. The fraction of sp³-hybridized carbons (Fsp3) is 0.0370. The number of fused-ring (bicyclic) bond motifs is 1. The molecular weight excluding hydrogens is 452 g/mol. The van der Waals surface area contributed by atoms with Crippen molar-refractivity contribution in [3.63, 3.8) is 0 Å². The molecule has 6 heteroatoms. The van der Waals surface area contributed by atoms with Crippen molar-refractivity contribution in [2.24, 2.45) is 0 Å². The molecule has 1 heterocycles. The molecule has 33 heavy (non-hydrogen) atoms. The maximum absolute atomic E-state index is 13.6. The predicted molar refractivity (Wildman–Crippen MR) is 135 cm³/mol. The zero-order chi connectivity index (χ0) is 22.6. The number of carbonyl (C=O) groups is 1. The number of hydrogen-bond acceptors (Lipinski definition) is 4. The highest BCUT2D eigenvalue weighted by molar-refractivity contribution is 7.22. The van der Waals surface area contributed by atoms with E-state index in [0.717, 1.165) is 21.5 Å². The summed E-state index contributed by atoms with van der Waals surface area (Å²) in [5.74, 6) is 1.28. The molecule has 0 saturated carbocycles. The first-order valence-electron chi connectivity index (χ1n) is 10.4. The van der Waals surface area contributed by atoms with Gasteiger partial charge in [0.1, 0.15) is 11.5 Å². The Kier molecular flexibility index (Phi) is 6.07. The number of aromatic nitrogens is 1. The number of anilines is 1. The highest BCUT2D eigenvalue weighted by atomic mass is 35.5. The third kappa shape index (κ3) is 4.90. The van der Waals surface area contributed by atoms with E-state index < -0.39 is 0 Å². The van der Waals surface area contributed by atoms with Crippen LogP contribution < -0.4 is 9.64 Å². The van der Waals surface area contributed by atoms with Gasteiger partial charge in [0.15, 0.2) is 5.13 Å². The van der Waals surface area contributed by atoms with Crippen molar-refractivity contribution in [1.82, 2.24) is 4.98 Å². The van der Waals surface area contributed by atoms with Crippen LogP contribution in [0.2, 0.25) is 5.02 Å². The Morgan fingerprint density at radius 3 is 2.24 bits per heavy atom. The molecule has 4 aromatic carbocycles. The molecular formula is C27H19ClN2O2S. The zero-order valence-corrected chi connectivity index (χ0v) is 19.1. The summed E-state index contributed by atoms with van der Waals surface area (Å²) in [5.41, 5.74) is 2.40. The van der Waals surface area contributed by atoms with Crippen LogP contribution in [-0.2, 0) is 6.54 Å². The Hall–Kier alpha value is -3.67. The second-order valence-electron chi connectivity index (χ2n) is 7.42. The Morgan fingerprint density at radius 1 is 0.848 bits per heavy atom. The van der Waals surface area contributed by atoms with Crippen molar-refractivity contribution in [3.8, 4) is 11.5 Å². The fourth-order valence-corrected chi connectivity index (χ4v) is 4.68. The molecule has 5 rings (SSSR count). The van der Waals surface area contributed by atoms with E-state index >= 15 is 0 Å². The summed E-state index contributed by atoms with van der Waals surface area (Å²) in [6, 6.07) is 32.2. The number of benzene rings is 4. The van der Waals surface area contributed by atoms with E-state index in [2.05, 4.69) is 0 Å². The molecule has 0 saturated heterocycles. The van der Waals surface area contributed by atoms with E-state index in [-0.39, 0.29) is 5.91 Å². The lowest BCUT2D eigenvalue weighted by Crippen LogP contribution is -2.30. The van der Waals surface area contributed by atoms with Gasteiger partial charge < -0.3 is 4.74 Å². The van der Waals surface area contributed by atoms with Crippen LogP contribution in [0.5, 0.6) is 11.5 Å². The van der Waals surface area contributed by atoms with Crippen LogP contribution in [0, 0.1) is 0 Å². The second kappa shape index (κ2) is 9.45. The molecule has 0 radical (unpaired) electrons. The van der Waals surface area contributed by atoms with Gasteiger partial charge in [-0.3, -0.25) is 9.69 Å². The molecule has 0 atom stereocenters. The number of carbonyl (C=O) groups excluding carboxylic acids is 1. The molecule has 1 aromatic heterocycles. The van der Waals surface area contributed by atoms with E-state index in [1.54, 1.807) is 29.2 Å². The van der Waals surface area contributed by atoms with Crippen LogP contribution in [0.3, 0.4) is 0 Å². The first-order valence-corrected chi connectivity index (χ1v) is 11.6. The lowest BCUT2D eigenvalue weighted by Gasteiger charge is -2.20. The monoisotopic (exact) mass is 470 g/mol. The first-order chi connectivity index (χ1) is 16.2. The fourth-order valence-electron chi connectivity index (χ4n) is 3.44. The van der Waals surface area contributed by atoms with Crippen LogP contribution in [0.1, 0.15) is 15.9 Å². The molecule has 4 nitrogen and oxygen atoms in total. The summed E-state index contributed by atoms with van der Waals surface area (Å²) in [4.78, 5) is 20.0. The highest BCUT2D eigenvalue weighted by Crippen LogP contribution is 2.33. The average Bonchev–Trinajstić information content (AvgIpc) is 3.27. The molecule has 5 aromatic rings. The van der Waals surface area contributed by atoms with E-state index in [1.165, 1.54) is 11.3 Å². The van der Waals surface area contributed by atoms with Crippen molar-refractivity contribution < 1.29 is 9.53 Å². The van der Waals surface area contributed by atoms with Crippen molar-refractivity contribution in [2.75, 3.05) is 4.90 Å². The lowest BCUT2D eigenvalue weighted by molar-refractivity contribution is 0.0985. The maximum Gasteiger partial charge on any atom is 0.260 e. The molecule has 0 aliphatic carbocycles. The topological polar surface area (TPSA) is 42.4 Å². The highest BCUT2D eigenvalue weighted by Gasteiger charge is 2.22. The van der Waals surface area contributed by atoms with Crippen LogP contribution in [0.4, 0.5) is 5.13 Å². The first kappa shape index (κ1) is 21.2. The Morgan fingerprint density at radius 2 is 1.52 bits per heavy atom. The van der Waals surface area contributed by atoms with Gasteiger partial charge >= 0.3 is 0 Å². The van der Waals surface area contributed by atoms with Crippen molar-refractivity contribution in [1.29, 1.82) is 0 Å². The lowest BCUT2D eigenvalue weighted by atomic mass is 10.1. The number of amides is 1. The van der Waals surface area contributed by atoms with Crippen LogP contribution in [0.15, 0.2) is 103 Å². The SMILES string of the molecule is O=C(c1ccc(Oc2ccccc2)cc1)N(Cc1ccccc1)c1nc2ccc(Cl)cc2s1. The van der Waals surface area contributed by atoms with Gasteiger partial charge in [0.25, 0.3) is 5.91 Å². The molecule has 0 bridgehead atoms. The summed E-state index contributed by atoms with van der Waals surface area (Å²) in [6.45, 7) is 0.412. The van der Waals surface area contributed by atoms with Gasteiger partial charge in [0.2, 0.25) is 0 Å². The second-order valence-corrected chi connectivity index (χ2v) is 8.87. The van der Waals surface area contributed by atoms with Gasteiger partial charge in [0, 0.05) is 10.6 Å². The third-order valence-electron chi connectivity index (χ3n) is 5.08. The molecule has 0 fully saturated rings. The number of halogens is 1. The van der Waals surface area contributed by atoms with Gasteiger partial charge in [-0.2, -0.15) is 0 Å². The largest absolute Gasteiger partial charge is 0.457 e. The summed E-state index contributed by atoms with van der Waals surface area (Å²) in [7, 11) is 0. The molecule has 0 spiro atoms. The molecule has 1 amide bonds. The predicted octanol–water partition coefficient (Wildman–Crippen LogP) is 7.59. The standard InChI is InChI=1S/C27H19ClN2O2S/c28-21-13-16-24-25(17-21)33-27(29-24)30(18-19-7-3-1-4-8-19)26(31)20-11-14-23(15-12-20)32-22-9-5-2-6-10-22/h1-17H,18H2. The molecule has 0 aliphatic rings. The van der Waals surface area contributed by atoms with Crippen molar-refractivity contribution >= 4 is 44.2 Å². The minimum absolute atomic E-state index is 0.129. The summed E-state index contributed by atoms with van der Waals surface area (Å²) >= 11 is 7.61. The Balaban J connectivity index is 1.45. The number of ether oxygens (including phenoxy) is 1. The third-order valence-corrected chi connectivity index (χ3v) is 6.36. The van der Waals surface area contributed by atoms with E-state index in [1.807, 2.05) is 78.9 Å². The number of para-hydroxylation sites is 1. The van der Waals surface area contributed by atoms with Gasteiger partial charge in [-0.05, 0) is 60.2 Å². The molecule has 0 aliphatic heterocycles. The van der Waals surface area contributed by atoms with Crippen LogP contribution >= 0.6 is 22.9 Å². The Labute approximate surface area is 200 Å². The number of rotatable bonds is 6. The van der Waals surface area contributed by atoms with Gasteiger partial charge in [-0.25, -0.2) is 4.98 Å². The maximum atomic E-state index is 13.6. The number of thiazole rings is 1. The Bertz CT molecular complexity index is 1390. The van der Waals surface area contributed by atoms with Crippen molar-refractivity contribution in [3.05, 3.63) is 119 Å².